The molecule has 1 fully saturated rings. The van der Waals surface area contributed by atoms with Gasteiger partial charge in [-0.15, -0.1) is 0 Å². The quantitative estimate of drug-likeness (QED) is 0.531. The Balaban J connectivity index is 0.000000223. The predicted molar refractivity (Wildman–Crippen MR) is 105 cm³/mol. The van der Waals surface area contributed by atoms with Crippen LogP contribution in [0, 0.1) is 6.08 Å². The lowest BCUT2D eigenvalue weighted by Gasteiger charge is -2.09. The Morgan fingerprint density at radius 1 is 1.25 bits per heavy atom. The van der Waals surface area contributed by atoms with E-state index in [9.17, 15) is 0 Å². The summed E-state index contributed by atoms with van der Waals surface area (Å²) in [6.45, 7) is 5.59. The van der Waals surface area contributed by atoms with E-state index in [1.165, 1.54) is 0 Å². The molecule has 0 aliphatic carbocycles. The summed E-state index contributed by atoms with van der Waals surface area (Å²) >= 11 is 0. The normalized spacial score (nSPS) is 21.0. The number of rotatable bonds is 7. The molecular weight excluding hydrogens is 364 g/mol. The molecule has 28 heavy (non-hydrogen) atoms. The second-order valence-electron chi connectivity index (χ2n) is 6.22. The van der Waals surface area contributed by atoms with Gasteiger partial charge in [0.15, 0.2) is 24.9 Å². The average molecular weight is 397 g/mol. The molecule has 3 rings (SSSR count). The van der Waals surface area contributed by atoms with Gasteiger partial charge in [0.1, 0.15) is 18.4 Å². The number of hydrogen-bond donors (Lipinski definition) is 2. The summed E-state index contributed by atoms with van der Waals surface area (Å²) in [6, 6.07) is 4.03. The number of hydrogen-bond acceptors (Lipinski definition) is 7. The highest BCUT2D eigenvalue weighted by atomic mass is 16.7. The minimum Gasteiger partial charge on any atom is -0.394 e. The van der Waals surface area contributed by atoms with Crippen molar-refractivity contribution in [2.75, 3.05) is 34.0 Å². The van der Waals surface area contributed by atoms with Crippen LogP contribution in [-0.4, -0.2) is 78.4 Å². The molecule has 0 saturated carbocycles. The van der Waals surface area contributed by atoms with Gasteiger partial charge in [-0.1, -0.05) is 0 Å². The lowest BCUT2D eigenvalue weighted by atomic mass is 10.3. The summed E-state index contributed by atoms with van der Waals surface area (Å²) < 4.78 is 22.2. The average Bonchev–Trinajstić information content (AvgIpc) is 3.47. The zero-order valence-corrected chi connectivity index (χ0v) is 17.1. The maximum absolute atomic E-state index is 8.94. The third kappa shape index (κ3) is 10.5. The van der Waals surface area contributed by atoms with Crippen LogP contribution in [-0.2, 0) is 25.5 Å². The van der Waals surface area contributed by atoms with Crippen LogP contribution in [0.2, 0.25) is 0 Å². The molecule has 0 radical (unpaired) electrons. The Morgan fingerprint density at radius 3 is 2.36 bits per heavy atom. The number of aliphatic hydroxyl groups excluding tert-OH is 2. The second-order valence-corrected chi connectivity index (χ2v) is 6.22. The molecule has 3 unspecified atom stereocenters. The lowest BCUT2D eigenvalue weighted by molar-refractivity contribution is -0.0877. The Morgan fingerprint density at radius 2 is 1.93 bits per heavy atom. The van der Waals surface area contributed by atoms with E-state index < -0.39 is 6.10 Å². The molecule has 0 spiro atoms. The van der Waals surface area contributed by atoms with Gasteiger partial charge in [0.05, 0.1) is 32.4 Å². The van der Waals surface area contributed by atoms with Crippen LogP contribution in [0.15, 0.2) is 43.0 Å². The minimum atomic E-state index is -0.666. The van der Waals surface area contributed by atoms with Crippen molar-refractivity contribution in [3.8, 4) is 0 Å². The zero-order chi connectivity index (χ0) is 20.8. The number of aliphatic hydroxyl groups is 2. The summed E-state index contributed by atoms with van der Waals surface area (Å²) in [6.07, 6.45) is 11.6. The predicted octanol–water partition coefficient (Wildman–Crippen LogP) is 1.36. The summed E-state index contributed by atoms with van der Waals surface area (Å²) in [5.41, 5.74) is 0. The molecule has 1 aromatic rings. The van der Waals surface area contributed by atoms with E-state index in [-0.39, 0.29) is 25.3 Å². The number of ether oxygens (including phenoxy) is 4. The monoisotopic (exact) mass is 397 g/mol. The van der Waals surface area contributed by atoms with Gasteiger partial charge < -0.3 is 33.7 Å². The second kappa shape index (κ2) is 14.3. The molecular formula is C20H33N2O6+. The van der Waals surface area contributed by atoms with Gasteiger partial charge in [-0.05, 0) is 26.0 Å². The Bertz CT molecular complexity index is 533. The minimum absolute atomic E-state index is 0.0365. The topological polar surface area (TPSA) is 85.6 Å². The molecule has 3 heterocycles. The smallest absolute Gasteiger partial charge is 0.179 e. The molecule has 8 nitrogen and oxygen atoms in total. The first kappa shape index (κ1) is 24.3. The third-order valence-corrected chi connectivity index (χ3v) is 3.88. The summed E-state index contributed by atoms with van der Waals surface area (Å²) in [5.74, 6) is 0. The van der Waals surface area contributed by atoms with E-state index in [2.05, 4.69) is 20.1 Å². The maximum Gasteiger partial charge on any atom is 0.179 e. The molecule has 2 aliphatic rings. The molecule has 0 bridgehead atoms. The van der Waals surface area contributed by atoms with Crippen LogP contribution in [0.4, 0.5) is 0 Å². The van der Waals surface area contributed by atoms with Crippen molar-refractivity contribution in [2.24, 2.45) is 0 Å². The third-order valence-electron chi connectivity index (χ3n) is 3.88. The van der Waals surface area contributed by atoms with Gasteiger partial charge in [-0.25, -0.2) is 4.90 Å². The number of methoxy groups -OCH3 is 2. The fraction of sp³-hybridized carbons (Fsp3) is 0.600. The van der Waals surface area contributed by atoms with Crippen LogP contribution < -0.4 is 0 Å². The van der Waals surface area contributed by atoms with Crippen LogP contribution in [0.1, 0.15) is 13.8 Å². The molecule has 0 amide bonds. The van der Waals surface area contributed by atoms with Crippen molar-refractivity contribution < 1.29 is 29.2 Å². The van der Waals surface area contributed by atoms with Crippen molar-refractivity contribution in [1.29, 1.82) is 0 Å². The molecule has 2 aliphatic heterocycles. The van der Waals surface area contributed by atoms with E-state index in [1.54, 1.807) is 37.6 Å². The van der Waals surface area contributed by atoms with E-state index in [0.29, 0.717) is 13.2 Å². The van der Waals surface area contributed by atoms with E-state index in [1.807, 2.05) is 38.4 Å². The summed E-state index contributed by atoms with van der Waals surface area (Å²) in [7, 11) is 3.21. The Kier molecular flexibility index (Phi) is 12.4. The van der Waals surface area contributed by atoms with E-state index in [0.717, 1.165) is 6.54 Å². The molecule has 1 saturated heterocycles. The number of nitrogens with zero attached hydrogens (tertiary/aromatic N) is 2. The molecule has 8 heteroatoms. The van der Waals surface area contributed by atoms with Crippen molar-refractivity contribution in [3.63, 3.8) is 0 Å². The highest BCUT2D eigenvalue weighted by Crippen LogP contribution is 2.12. The van der Waals surface area contributed by atoms with E-state index >= 15 is 0 Å². The lowest BCUT2D eigenvalue weighted by Crippen LogP contribution is -2.26. The Labute approximate surface area is 167 Å². The first-order chi connectivity index (χ1) is 13.5. The molecule has 3 atom stereocenters. The van der Waals surface area contributed by atoms with Gasteiger partial charge in [-0.3, -0.25) is 0 Å². The fourth-order valence-electron chi connectivity index (χ4n) is 2.25. The molecule has 158 valence electrons. The number of allylic oxidation sites excluding steroid dienone is 2. The maximum atomic E-state index is 8.94. The van der Waals surface area contributed by atoms with Crippen molar-refractivity contribution >= 4 is 0 Å². The number of aromatic nitrogens is 1. The van der Waals surface area contributed by atoms with Gasteiger partial charge in [-0.2, -0.15) is 0 Å². The Hall–Kier alpha value is -1.77. The van der Waals surface area contributed by atoms with Crippen LogP contribution >= 0.6 is 0 Å². The number of β-amino-alcohol motifs (C(OH)–C–C–N with tert-alkyl or cyclic N) is 1. The van der Waals surface area contributed by atoms with Gasteiger partial charge in [0.2, 0.25) is 0 Å². The van der Waals surface area contributed by atoms with Gasteiger partial charge in [0, 0.05) is 26.6 Å². The zero-order valence-electron chi connectivity index (χ0n) is 17.1. The van der Waals surface area contributed by atoms with Gasteiger partial charge >= 0.3 is 0 Å². The fourth-order valence-corrected chi connectivity index (χ4v) is 2.25. The van der Waals surface area contributed by atoms with Crippen molar-refractivity contribution in [3.05, 3.63) is 49.1 Å². The first-order valence-corrected chi connectivity index (χ1v) is 9.22. The van der Waals surface area contributed by atoms with Crippen LogP contribution in [0.3, 0.4) is 0 Å². The highest BCUT2D eigenvalue weighted by molar-refractivity contribution is 5.05. The summed E-state index contributed by atoms with van der Waals surface area (Å²) in [4.78, 5) is 1.76. The largest absolute Gasteiger partial charge is 0.394 e. The first-order valence-electron chi connectivity index (χ1n) is 9.22. The molecule has 0 aromatic carbocycles. The molecule has 2 N–H and O–H groups in total. The van der Waals surface area contributed by atoms with Crippen LogP contribution in [0.25, 0.3) is 0 Å². The standard InChI is InChI=1S/C9H13NO2.C7H10NO2.C4H10O2/c1-8-11-7-9(12-8)6-10-4-2-3-5-10;9-6-7(10)5-8-3-1-2-4-8;1-4(5-2)6-3/h2-5,8-9H,6-7H2,1H3;1,3-4,7,9-10H,5-6H2;4H,1-3H3/q;+1;. The van der Waals surface area contributed by atoms with E-state index in [4.69, 9.17) is 19.7 Å². The van der Waals surface area contributed by atoms with Crippen LogP contribution in [0.5, 0.6) is 0 Å². The highest BCUT2D eigenvalue weighted by Gasteiger charge is 2.22. The SMILES string of the molecule is CC1OCC(Cn2cccc2)O1.COC(C)OC.OCC(O)CN1C=[C+]C=C1. The van der Waals surface area contributed by atoms with Crippen molar-refractivity contribution in [1.82, 2.24) is 9.47 Å². The van der Waals surface area contributed by atoms with Gasteiger partial charge in [0.25, 0.3) is 0 Å². The summed E-state index contributed by atoms with van der Waals surface area (Å²) in [5, 5.41) is 17.4. The van der Waals surface area contributed by atoms with Crippen molar-refractivity contribution in [2.45, 2.75) is 45.2 Å². The molecule has 1 aromatic heterocycles.